The summed E-state index contributed by atoms with van der Waals surface area (Å²) in [7, 11) is 1.24. The largest absolute Gasteiger partial charge is 0.473 e. The third kappa shape index (κ3) is 5.69. The van der Waals surface area contributed by atoms with Gasteiger partial charge in [0.05, 0.1) is 31.8 Å². The lowest BCUT2D eigenvalue weighted by Crippen LogP contribution is -2.06. The maximum absolute atomic E-state index is 10.3. The molecule has 4 nitrogen and oxygen atoms in total. The summed E-state index contributed by atoms with van der Waals surface area (Å²) in [4.78, 5) is 10.3. The molecule has 0 aromatic carbocycles. The zero-order valence-electron chi connectivity index (χ0n) is 7.40. The molecule has 1 heterocycles. The van der Waals surface area contributed by atoms with E-state index >= 15 is 0 Å². The molecule has 1 aromatic rings. The summed E-state index contributed by atoms with van der Waals surface area (Å²) in [5, 5.41) is 8.24. The number of furan rings is 1. The Kier molecular flexibility index (Phi) is 6.27. The van der Waals surface area contributed by atoms with Crippen LogP contribution in [0.15, 0.2) is 41.2 Å². The standard InChI is InChI=1S/C5H8O3.C4H4O/c1-4(3-6)5(7)8-2;1-2-4-5-3-1/h6H,1,3H2,2H3;1-4H. The first-order chi connectivity index (χ1) is 6.22. The molecule has 1 rings (SSSR count). The predicted molar refractivity (Wildman–Crippen MR) is 46.9 cm³/mol. The molecule has 0 saturated carbocycles. The molecular formula is C9H12O4. The molecule has 13 heavy (non-hydrogen) atoms. The Hall–Kier alpha value is -1.55. The molecule has 1 N–H and O–H groups in total. The number of rotatable bonds is 2. The predicted octanol–water partition coefficient (Wildman–Crippen LogP) is 0.988. The van der Waals surface area contributed by atoms with Crippen LogP contribution in [0.4, 0.5) is 0 Å². The Morgan fingerprint density at radius 1 is 1.54 bits per heavy atom. The van der Waals surface area contributed by atoms with Crippen LogP contribution in [0.1, 0.15) is 0 Å². The molecule has 0 radical (unpaired) electrons. The smallest absolute Gasteiger partial charge is 0.335 e. The maximum Gasteiger partial charge on any atom is 0.335 e. The summed E-state index contributed by atoms with van der Waals surface area (Å²) < 4.78 is 8.79. The SMILES string of the molecule is C=C(CO)C(=O)OC.c1ccoc1. The summed E-state index contributed by atoms with van der Waals surface area (Å²) in [5.74, 6) is -0.563. The fourth-order valence-corrected chi connectivity index (χ4v) is 0.436. The van der Waals surface area contributed by atoms with E-state index in [0.29, 0.717) is 0 Å². The van der Waals surface area contributed by atoms with Crippen molar-refractivity contribution >= 4 is 5.97 Å². The third-order valence-electron chi connectivity index (χ3n) is 1.09. The zero-order chi connectivity index (χ0) is 10.1. The van der Waals surface area contributed by atoms with Crippen molar-refractivity contribution < 1.29 is 19.1 Å². The van der Waals surface area contributed by atoms with Gasteiger partial charge in [-0.05, 0) is 12.1 Å². The minimum atomic E-state index is -0.563. The number of carbonyl (C=O) groups excluding carboxylic acids is 1. The van der Waals surface area contributed by atoms with E-state index in [9.17, 15) is 4.79 Å². The van der Waals surface area contributed by atoms with Gasteiger partial charge in [-0.3, -0.25) is 0 Å². The van der Waals surface area contributed by atoms with Crippen LogP contribution in [0, 0.1) is 0 Å². The van der Waals surface area contributed by atoms with Gasteiger partial charge in [-0.2, -0.15) is 0 Å². The van der Waals surface area contributed by atoms with Crippen LogP contribution in [-0.4, -0.2) is 24.8 Å². The highest BCUT2D eigenvalue weighted by atomic mass is 16.5. The zero-order valence-corrected chi connectivity index (χ0v) is 7.40. The minimum absolute atomic E-state index is 0.0764. The van der Waals surface area contributed by atoms with Gasteiger partial charge in [0.2, 0.25) is 0 Å². The van der Waals surface area contributed by atoms with Crippen LogP contribution < -0.4 is 0 Å². The highest BCUT2D eigenvalue weighted by Crippen LogP contribution is 1.88. The van der Waals surface area contributed by atoms with E-state index in [2.05, 4.69) is 15.7 Å². The topological polar surface area (TPSA) is 59.7 Å². The number of carbonyl (C=O) groups is 1. The van der Waals surface area contributed by atoms with E-state index in [-0.39, 0.29) is 12.2 Å². The highest BCUT2D eigenvalue weighted by Gasteiger charge is 2.01. The lowest BCUT2D eigenvalue weighted by atomic mass is 10.3. The van der Waals surface area contributed by atoms with E-state index in [1.54, 1.807) is 12.5 Å². The number of hydrogen-bond donors (Lipinski definition) is 1. The fraction of sp³-hybridized carbons (Fsp3) is 0.222. The first kappa shape index (κ1) is 11.4. The van der Waals surface area contributed by atoms with E-state index < -0.39 is 5.97 Å². The summed E-state index contributed by atoms with van der Waals surface area (Å²) in [5.41, 5.74) is 0.0764. The Labute approximate surface area is 76.4 Å². The van der Waals surface area contributed by atoms with Gasteiger partial charge in [0, 0.05) is 0 Å². The van der Waals surface area contributed by atoms with Crippen LogP contribution in [0.5, 0.6) is 0 Å². The average molecular weight is 184 g/mol. The van der Waals surface area contributed by atoms with Crippen LogP contribution in [0.25, 0.3) is 0 Å². The monoisotopic (exact) mass is 184 g/mol. The van der Waals surface area contributed by atoms with Gasteiger partial charge in [-0.25, -0.2) is 4.79 Å². The molecule has 0 bridgehead atoms. The first-order valence-electron chi connectivity index (χ1n) is 3.56. The fourth-order valence-electron chi connectivity index (χ4n) is 0.436. The van der Waals surface area contributed by atoms with Crippen LogP contribution >= 0.6 is 0 Å². The van der Waals surface area contributed by atoms with E-state index in [1.165, 1.54) is 7.11 Å². The first-order valence-corrected chi connectivity index (χ1v) is 3.56. The van der Waals surface area contributed by atoms with E-state index in [4.69, 9.17) is 5.11 Å². The minimum Gasteiger partial charge on any atom is -0.473 e. The van der Waals surface area contributed by atoms with E-state index in [1.807, 2.05) is 12.1 Å². The Balaban J connectivity index is 0.000000243. The molecule has 0 aliphatic carbocycles. The van der Waals surface area contributed by atoms with Crippen molar-refractivity contribution in [1.82, 2.24) is 0 Å². The number of ether oxygens (including phenoxy) is 1. The van der Waals surface area contributed by atoms with E-state index in [0.717, 1.165) is 0 Å². The lowest BCUT2D eigenvalue weighted by Gasteiger charge is -1.95. The molecule has 0 saturated heterocycles. The summed E-state index contributed by atoms with van der Waals surface area (Å²) in [6.45, 7) is 2.88. The molecule has 0 spiro atoms. The summed E-state index contributed by atoms with van der Waals surface area (Å²) >= 11 is 0. The Morgan fingerprint density at radius 3 is 2.23 bits per heavy atom. The number of methoxy groups -OCH3 is 1. The highest BCUT2D eigenvalue weighted by molar-refractivity contribution is 5.87. The second-order valence-electron chi connectivity index (χ2n) is 2.05. The quantitative estimate of drug-likeness (QED) is 0.550. The molecule has 0 aliphatic rings. The second-order valence-corrected chi connectivity index (χ2v) is 2.05. The van der Waals surface area contributed by atoms with Gasteiger partial charge in [0.15, 0.2) is 0 Å². The summed E-state index contributed by atoms with van der Waals surface area (Å²) in [6.07, 6.45) is 3.25. The summed E-state index contributed by atoms with van der Waals surface area (Å²) in [6, 6.07) is 3.67. The lowest BCUT2D eigenvalue weighted by molar-refractivity contribution is -0.136. The van der Waals surface area contributed by atoms with Gasteiger partial charge in [-0.15, -0.1) is 0 Å². The van der Waals surface area contributed by atoms with Crippen molar-refractivity contribution in [1.29, 1.82) is 0 Å². The van der Waals surface area contributed by atoms with Crippen molar-refractivity contribution in [2.45, 2.75) is 0 Å². The van der Waals surface area contributed by atoms with Gasteiger partial charge in [-0.1, -0.05) is 6.58 Å². The third-order valence-corrected chi connectivity index (χ3v) is 1.09. The van der Waals surface area contributed by atoms with Gasteiger partial charge in [0.25, 0.3) is 0 Å². The van der Waals surface area contributed by atoms with Gasteiger partial charge < -0.3 is 14.3 Å². The van der Waals surface area contributed by atoms with Crippen molar-refractivity contribution in [3.63, 3.8) is 0 Å². The average Bonchev–Trinajstić information content (AvgIpc) is 2.73. The number of aliphatic hydroxyl groups is 1. The molecule has 0 amide bonds. The van der Waals surface area contributed by atoms with Crippen LogP contribution in [0.2, 0.25) is 0 Å². The number of esters is 1. The Morgan fingerprint density at radius 2 is 2.08 bits per heavy atom. The molecule has 0 aliphatic heterocycles. The second kappa shape index (κ2) is 7.12. The molecule has 72 valence electrons. The molecule has 0 atom stereocenters. The number of hydrogen-bond acceptors (Lipinski definition) is 4. The molecular weight excluding hydrogens is 172 g/mol. The van der Waals surface area contributed by atoms with Gasteiger partial charge in [0.1, 0.15) is 0 Å². The van der Waals surface area contributed by atoms with Crippen molar-refractivity contribution in [2.75, 3.05) is 13.7 Å². The van der Waals surface area contributed by atoms with Crippen LogP contribution in [0.3, 0.4) is 0 Å². The maximum atomic E-state index is 10.3. The molecule has 4 heteroatoms. The normalized spacial score (nSPS) is 8.15. The molecule has 0 fully saturated rings. The Bertz CT molecular complexity index is 207. The molecule has 0 unspecified atom stereocenters. The van der Waals surface area contributed by atoms with Crippen molar-refractivity contribution in [2.24, 2.45) is 0 Å². The van der Waals surface area contributed by atoms with Crippen molar-refractivity contribution in [3.8, 4) is 0 Å². The van der Waals surface area contributed by atoms with Crippen LogP contribution in [-0.2, 0) is 9.53 Å². The molecule has 1 aromatic heterocycles. The van der Waals surface area contributed by atoms with Gasteiger partial charge >= 0.3 is 5.97 Å². The number of aliphatic hydroxyl groups excluding tert-OH is 1. The van der Waals surface area contributed by atoms with Crippen molar-refractivity contribution in [3.05, 3.63) is 36.8 Å².